The molecule has 0 aromatic rings. The third kappa shape index (κ3) is 0.843. The molecule has 0 bridgehead atoms. The van der Waals surface area contributed by atoms with Gasteiger partial charge in [-0.2, -0.15) is 0 Å². The van der Waals surface area contributed by atoms with E-state index in [0.717, 1.165) is 12.2 Å². The van der Waals surface area contributed by atoms with Crippen LogP contribution in [0.2, 0.25) is 0 Å². The summed E-state index contributed by atoms with van der Waals surface area (Å²) in [6.07, 6.45) is 7.09. The third-order valence-corrected chi connectivity index (χ3v) is 1.97. The lowest BCUT2D eigenvalue weighted by atomic mass is 10.1. The zero-order chi connectivity index (χ0) is 7.84. The molecule has 2 aliphatic rings. The van der Waals surface area contributed by atoms with Gasteiger partial charge in [-0.1, -0.05) is 6.08 Å². The maximum Gasteiger partial charge on any atom is 0.415 e. The van der Waals surface area contributed by atoms with Crippen molar-refractivity contribution in [2.45, 2.75) is 12.5 Å². The maximum atomic E-state index is 11.0. The fourth-order valence-electron chi connectivity index (χ4n) is 1.26. The summed E-state index contributed by atoms with van der Waals surface area (Å²) in [7, 11) is 1.74. The molecule has 2 rings (SSSR count). The molecule has 3 nitrogen and oxygen atoms in total. The standard InChI is InChI=1S/C8H8NO2/c1-9-6-4-2-3-5-7(6)11-8(9)10/h3,5-6H,4H2,1H3. The van der Waals surface area contributed by atoms with Gasteiger partial charge < -0.3 is 9.64 Å². The normalized spacial score (nSPS) is 28.1. The van der Waals surface area contributed by atoms with E-state index in [4.69, 9.17) is 4.74 Å². The van der Waals surface area contributed by atoms with Gasteiger partial charge in [-0.25, -0.2) is 4.79 Å². The summed E-state index contributed by atoms with van der Waals surface area (Å²) in [5.74, 6) is 0.747. The molecule has 11 heavy (non-hydrogen) atoms. The summed E-state index contributed by atoms with van der Waals surface area (Å²) in [4.78, 5) is 12.6. The molecule has 0 aromatic heterocycles. The number of carbonyl (C=O) groups excluding carboxylic acids is 1. The number of nitrogens with zero attached hydrogens (tertiary/aromatic N) is 1. The number of likely N-dealkylation sites (N-methyl/N-ethyl adjacent to an activating group) is 1. The molecule has 0 aromatic carbocycles. The highest BCUT2D eigenvalue weighted by Crippen LogP contribution is 2.26. The molecule has 0 spiro atoms. The summed E-state index contributed by atoms with van der Waals surface area (Å²) in [6, 6.07) is 0.0903. The minimum atomic E-state index is -0.265. The lowest BCUT2D eigenvalue weighted by Gasteiger charge is -2.15. The van der Waals surface area contributed by atoms with Gasteiger partial charge >= 0.3 is 6.09 Å². The van der Waals surface area contributed by atoms with Crippen molar-refractivity contribution >= 4 is 6.09 Å². The molecule has 1 radical (unpaired) electrons. The van der Waals surface area contributed by atoms with Crippen molar-refractivity contribution in [3.8, 4) is 0 Å². The summed E-state index contributed by atoms with van der Waals surface area (Å²) in [5, 5.41) is 0. The second-order valence-corrected chi connectivity index (χ2v) is 2.64. The first-order chi connectivity index (χ1) is 5.29. The first-order valence-corrected chi connectivity index (χ1v) is 3.50. The quantitative estimate of drug-likeness (QED) is 0.517. The number of carbonyl (C=O) groups is 1. The number of ether oxygens (including phenoxy) is 1. The molecule has 1 atom stereocenters. The Labute approximate surface area is 64.9 Å². The minimum absolute atomic E-state index is 0.0903. The molecule has 1 unspecified atom stereocenters. The molecular weight excluding hydrogens is 142 g/mol. The van der Waals surface area contributed by atoms with Gasteiger partial charge in [0.1, 0.15) is 5.76 Å². The van der Waals surface area contributed by atoms with Gasteiger partial charge in [-0.05, 0) is 12.2 Å². The number of hydrogen-bond donors (Lipinski definition) is 0. The second kappa shape index (κ2) is 2.12. The Bertz CT molecular complexity index is 255. The Kier molecular flexibility index (Phi) is 1.24. The van der Waals surface area contributed by atoms with Crippen LogP contribution in [-0.4, -0.2) is 24.1 Å². The van der Waals surface area contributed by atoms with Crippen LogP contribution >= 0.6 is 0 Å². The smallest absolute Gasteiger partial charge is 0.412 e. The first-order valence-electron chi connectivity index (χ1n) is 3.50. The van der Waals surface area contributed by atoms with Gasteiger partial charge in [0.2, 0.25) is 0 Å². The van der Waals surface area contributed by atoms with Crippen LogP contribution in [0.3, 0.4) is 0 Å². The Morgan fingerprint density at radius 2 is 2.64 bits per heavy atom. The molecule has 0 saturated carbocycles. The molecule has 1 aliphatic carbocycles. The molecule has 3 heteroatoms. The maximum absolute atomic E-state index is 11.0. The lowest BCUT2D eigenvalue weighted by Crippen LogP contribution is -2.28. The van der Waals surface area contributed by atoms with E-state index in [-0.39, 0.29) is 12.1 Å². The van der Waals surface area contributed by atoms with Crippen molar-refractivity contribution in [2.75, 3.05) is 7.05 Å². The van der Waals surface area contributed by atoms with Crippen molar-refractivity contribution in [1.29, 1.82) is 0 Å². The van der Waals surface area contributed by atoms with E-state index in [9.17, 15) is 4.79 Å². The first kappa shape index (κ1) is 6.46. The van der Waals surface area contributed by atoms with Crippen LogP contribution in [0.15, 0.2) is 17.9 Å². The van der Waals surface area contributed by atoms with Crippen molar-refractivity contribution in [3.05, 3.63) is 24.0 Å². The summed E-state index contributed by atoms with van der Waals surface area (Å²) in [6.45, 7) is 0. The van der Waals surface area contributed by atoms with Crippen LogP contribution < -0.4 is 0 Å². The number of allylic oxidation sites excluding steroid dienone is 2. The molecule has 1 amide bonds. The predicted molar refractivity (Wildman–Crippen MR) is 38.5 cm³/mol. The highest BCUT2D eigenvalue weighted by molar-refractivity contribution is 5.73. The van der Waals surface area contributed by atoms with Gasteiger partial charge in [0.05, 0.1) is 6.04 Å². The zero-order valence-corrected chi connectivity index (χ0v) is 6.20. The van der Waals surface area contributed by atoms with E-state index in [1.165, 1.54) is 0 Å². The average molecular weight is 150 g/mol. The zero-order valence-electron chi connectivity index (χ0n) is 6.20. The van der Waals surface area contributed by atoms with E-state index < -0.39 is 0 Å². The van der Waals surface area contributed by atoms with Gasteiger partial charge in [-0.15, -0.1) is 0 Å². The lowest BCUT2D eigenvalue weighted by molar-refractivity contribution is 0.173. The fourth-order valence-corrected chi connectivity index (χ4v) is 1.26. The van der Waals surface area contributed by atoms with Gasteiger partial charge in [0, 0.05) is 13.5 Å². The van der Waals surface area contributed by atoms with Crippen molar-refractivity contribution in [1.82, 2.24) is 4.90 Å². The van der Waals surface area contributed by atoms with Gasteiger partial charge in [0.15, 0.2) is 0 Å². The molecule has 1 saturated heterocycles. The van der Waals surface area contributed by atoms with Crippen LogP contribution in [0.5, 0.6) is 0 Å². The van der Waals surface area contributed by atoms with E-state index in [1.807, 2.05) is 0 Å². The van der Waals surface area contributed by atoms with Crippen molar-refractivity contribution in [2.24, 2.45) is 0 Å². The topological polar surface area (TPSA) is 29.5 Å². The highest BCUT2D eigenvalue weighted by Gasteiger charge is 2.34. The highest BCUT2D eigenvalue weighted by atomic mass is 16.6. The van der Waals surface area contributed by atoms with Crippen LogP contribution in [0.1, 0.15) is 6.42 Å². The molecule has 1 fully saturated rings. The van der Waals surface area contributed by atoms with E-state index in [1.54, 1.807) is 24.1 Å². The predicted octanol–water partition coefficient (Wildman–Crippen LogP) is 1.08. The largest absolute Gasteiger partial charge is 0.415 e. The molecule has 1 heterocycles. The van der Waals surface area contributed by atoms with Crippen molar-refractivity contribution in [3.63, 3.8) is 0 Å². The molecule has 57 valence electrons. The Morgan fingerprint density at radius 1 is 1.82 bits per heavy atom. The Morgan fingerprint density at radius 3 is 3.36 bits per heavy atom. The van der Waals surface area contributed by atoms with Crippen LogP contribution in [-0.2, 0) is 4.74 Å². The number of amides is 1. The Balaban J connectivity index is 2.30. The van der Waals surface area contributed by atoms with E-state index in [0.29, 0.717) is 0 Å². The third-order valence-electron chi connectivity index (χ3n) is 1.97. The van der Waals surface area contributed by atoms with Crippen LogP contribution in [0, 0.1) is 6.08 Å². The average Bonchev–Trinajstić information content (AvgIpc) is 2.30. The van der Waals surface area contributed by atoms with Crippen LogP contribution in [0.25, 0.3) is 0 Å². The SMILES string of the molecule is CN1C(=O)OC2=CC=[C]CC21. The van der Waals surface area contributed by atoms with Crippen LogP contribution in [0.4, 0.5) is 4.79 Å². The summed E-state index contributed by atoms with van der Waals surface area (Å²) >= 11 is 0. The van der Waals surface area contributed by atoms with E-state index in [2.05, 4.69) is 6.08 Å². The molecular formula is C8H8NO2. The summed E-state index contributed by atoms with van der Waals surface area (Å²) < 4.78 is 4.95. The second-order valence-electron chi connectivity index (χ2n) is 2.64. The fraction of sp³-hybridized carbons (Fsp3) is 0.375. The number of hydrogen-bond acceptors (Lipinski definition) is 2. The minimum Gasteiger partial charge on any atom is -0.412 e. The van der Waals surface area contributed by atoms with Gasteiger partial charge in [0.25, 0.3) is 0 Å². The molecule has 0 N–H and O–H groups in total. The Hall–Kier alpha value is -1.25. The number of fused-ring (bicyclic) bond motifs is 1. The number of rotatable bonds is 0. The monoisotopic (exact) mass is 150 g/mol. The molecule has 1 aliphatic heterocycles. The van der Waals surface area contributed by atoms with E-state index >= 15 is 0 Å². The summed E-state index contributed by atoms with van der Waals surface area (Å²) in [5.41, 5.74) is 0. The van der Waals surface area contributed by atoms with Gasteiger partial charge in [-0.3, -0.25) is 0 Å². The van der Waals surface area contributed by atoms with Crippen molar-refractivity contribution < 1.29 is 9.53 Å².